The molecule has 4 fully saturated rings. The quantitative estimate of drug-likeness (QED) is 0.590. The Balaban J connectivity index is 1.73. The van der Waals surface area contributed by atoms with Gasteiger partial charge in [-0.2, -0.15) is 0 Å². The average Bonchev–Trinajstić information content (AvgIpc) is 2.45. The SMILES string of the molecule is CCOC(=O)C(C(=O)NC12CC3CC(CC(C3)C1)C2)C(=O)OCC. The maximum absolute atomic E-state index is 12.7. The van der Waals surface area contributed by atoms with Crippen LogP contribution < -0.4 is 5.32 Å². The van der Waals surface area contributed by atoms with Gasteiger partial charge in [-0.05, 0) is 70.1 Å². The van der Waals surface area contributed by atoms with Crippen molar-refractivity contribution in [2.24, 2.45) is 23.7 Å². The van der Waals surface area contributed by atoms with E-state index in [4.69, 9.17) is 9.47 Å². The number of nitrogens with one attached hydrogen (secondary N) is 1. The van der Waals surface area contributed by atoms with Crippen molar-refractivity contribution < 1.29 is 23.9 Å². The molecule has 24 heavy (non-hydrogen) atoms. The lowest BCUT2D eigenvalue weighted by molar-refractivity contribution is -0.165. The van der Waals surface area contributed by atoms with Crippen molar-refractivity contribution in [3.05, 3.63) is 0 Å². The van der Waals surface area contributed by atoms with Crippen molar-refractivity contribution in [3.8, 4) is 0 Å². The summed E-state index contributed by atoms with van der Waals surface area (Å²) in [6, 6.07) is 0. The third-order valence-electron chi connectivity index (χ3n) is 5.73. The maximum Gasteiger partial charge on any atom is 0.330 e. The van der Waals surface area contributed by atoms with Crippen LogP contribution in [0.25, 0.3) is 0 Å². The van der Waals surface area contributed by atoms with Crippen LogP contribution in [0, 0.1) is 23.7 Å². The molecule has 4 rings (SSSR count). The average molecular weight is 337 g/mol. The highest BCUT2D eigenvalue weighted by atomic mass is 16.6. The van der Waals surface area contributed by atoms with Gasteiger partial charge in [0.05, 0.1) is 13.2 Å². The first-order chi connectivity index (χ1) is 11.5. The summed E-state index contributed by atoms with van der Waals surface area (Å²) < 4.78 is 9.83. The van der Waals surface area contributed by atoms with E-state index >= 15 is 0 Å². The lowest BCUT2D eigenvalue weighted by atomic mass is 9.53. The van der Waals surface area contributed by atoms with E-state index in [-0.39, 0.29) is 18.8 Å². The minimum absolute atomic E-state index is 0.124. The van der Waals surface area contributed by atoms with Gasteiger partial charge >= 0.3 is 11.9 Å². The number of carbonyl (C=O) groups excluding carboxylic acids is 3. The van der Waals surface area contributed by atoms with Gasteiger partial charge in [-0.1, -0.05) is 0 Å². The molecule has 0 spiro atoms. The zero-order valence-corrected chi connectivity index (χ0v) is 14.5. The first kappa shape index (κ1) is 17.2. The monoisotopic (exact) mass is 337 g/mol. The Kier molecular flexibility index (Phi) is 4.83. The third kappa shape index (κ3) is 3.28. The van der Waals surface area contributed by atoms with Gasteiger partial charge in [-0.3, -0.25) is 14.4 Å². The molecule has 4 bridgehead atoms. The van der Waals surface area contributed by atoms with Gasteiger partial charge in [0.2, 0.25) is 11.8 Å². The second kappa shape index (κ2) is 6.73. The van der Waals surface area contributed by atoms with Crippen molar-refractivity contribution in [1.82, 2.24) is 5.32 Å². The van der Waals surface area contributed by atoms with Crippen molar-refractivity contribution in [1.29, 1.82) is 0 Å². The summed E-state index contributed by atoms with van der Waals surface area (Å²) in [5, 5.41) is 3.06. The summed E-state index contributed by atoms with van der Waals surface area (Å²) in [7, 11) is 0. The van der Waals surface area contributed by atoms with Crippen LogP contribution in [-0.2, 0) is 23.9 Å². The normalized spacial score (nSPS) is 33.4. The molecule has 0 unspecified atom stereocenters. The van der Waals surface area contributed by atoms with Crippen LogP contribution in [0.1, 0.15) is 52.4 Å². The standard InChI is InChI=1S/C18H27NO5/c1-3-23-16(21)14(17(22)24-4-2)15(20)19-18-8-11-5-12(9-18)7-13(6-11)10-18/h11-14H,3-10H2,1-2H3,(H,19,20). The molecule has 4 aliphatic carbocycles. The zero-order chi connectivity index (χ0) is 17.3. The third-order valence-corrected chi connectivity index (χ3v) is 5.73. The number of carbonyl (C=O) groups is 3. The van der Waals surface area contributed by atoms with Crippen LogP contribution >= 0.6 is 0 Å². The summed E-state index contributed by atoms with van der Waals surface area (Å²) in [5.74, 6) is -1.72. The molecule has 1 amide bonds. The Hall–Kier alpha value is -1.59. The van der Waals surface area contributed by atoms with Gasteiger partial charge < -0.3 is 14.8 Å². The molecule has 6 nitrogen and oxygen atoms in total. The van der Waals surface area contributed by atoms with Crippen LogP contribution in [0.5, 0.6) is 0 Å². The second-order valence-corrected chi connectivity index (χ2v) is 7.62. The predicted octanol–water partition coefficient (Wildman–Crippen LogP) is 1.81. The Labute approximate surface area is 142 Å². The smallest absolute Gasteiger partial charge is 0.330 e. The predicted molar refractivity (Wildman–Crippen MR) is 85.8 cm³/mol. The fourth-order valence-electron chi connectivity index (χ4n) is 5.36. The lowest BCUT2D eigenvalue weighted by Gasteiger charge is -2.57. The van der Waals surface area contributed by atoms with Gasteiger partial charge in [0.1, 0.15) is 0 Å². The zero-order valence-electron chi connectivity index (χ0n) is 14.5. The van der Waals surface area contributed by atoms with Crippen molar-refractivity contribution in [2.75, 3.05) is 13.2 Å². The van der Waals surface area contributed by atoms with Crippen LogP contribution in [0.2, 0.25) is 0 Å². The Morgan fingerprint density at radius 1 is 0.917 bits per heavy atom. The van der Waals surface area contributed by atoms with Crippen LogP contribution in [0.4, 0.5) is 0 Å². The summed E-state index contributed by atoms with van der Waals surface area (Å²) in [4.78, 5) is 37.0. The first-order valence-corrected chi connectivity index (χ1v) is 9.11. The molecule has 6 heteroatoms. The molecular formula is C18H27NO5. The molecule has 0 heterocycles. The molecule has 0 aliphatic heterocycles. The van der Waals surface area contributed by atoms with E-state index in [0.29, 0.717) is 17.8 Å². The molecule has 0 atom stereocenters. The van der Waals surface area contributed by atoms with Crippen LogP contribution in [-0.4, -0.2) is 36.6 Å². The number of rotatable bonds is 6. The highest BCUT2D eigenvalue weighted by Crippen LogP contribution is 2.55. The number of ether oxygens (including phenoxy) is 2. The molecule has 0 aromatic heterocycles. The summed E-state index contributed by atoms with van der Waals surface area (Å²) in [6.07, 6.45) is 6.66. The maximum atomic E-state index is 12.7. The highest BCUT2D eigenvalue weighted by Gasteiger charge is 2.52. The fraction of sp³-hybridized carbons (Fsp3) is 0.833. The molecule has 0 aromatic rings. The van der Waals surface area contributed by atoms with Gasteiger partial charge in [0.15, 0.2) is 0 Å². The van der Waals surface area contributed by atoms with Crippen molar-refractivity contribution in [2.45, 2.75) is 57.9 Å². The number of hydrogen-bond acceptors (Lipinski definition) is 5. The van der Waals surface area contributed by atoms with Crippen molar-refractivity contribution >= 4 is 17.8 Å². The molecular weight excluding hydrogens is 310 g/mol. The first-order valence-electron chi connectivity index (χ1n) is 9.11. The van der Waals surface area contributed by atoms with Crippen LogP contribution in [0.15, 0.2) is 0 Å². The van der Waals surface area contributed by atoms with Gasteiger partial charge in [0.25, 0.3) is 0 Å². The van der Waals surface area contributed by atoms with Crippen molar-refractivity contribution in [3.63, 3.8) is 0 Å². The Morgan fingerprint density at radius 3 is 1.71 bits per heavy atom. The minimum Gasteiger partial charge on any atom is -0.465 e. The van der Waals surface area contributed by atoms with E-state index < -0.39 is 23.8 Å². The van der Waals surface area contributed by atoms with E-state index in [0.717, 1.165) is 19.3 Å². The van der Waals surface area contributed by atoms with Crippen LogP contribution in [0.3, 0.4) is 0 Å². The number of hydrogen-bond donors (Lipinski definition) is 1. The molecule has 0 radical (unpaired) electrons. The van der Waals surface area contributed by atoms with E-state index in [1.165, 1.54) is 19.3 Å². The van der Waals surface area contributed by atoms with Gasteiger partial charge in [-0.25, -0.2) is 0 Å². The Bertz CT molecular complexity index is 476. The largest absolute Gasteiger partial charge is 0.465 e. The van der Waals surface area contributed by atoms with E-state index in [9.17, 15) is 14.4 Å². The molecule has 0 aromatic carbocycles. The van der Waals surface area contributed by atoms with Gasteiger partial charge in [-0.15, -0.1) is 0 Å². The summed E-state index contributed by atoms with van der Waals surface area (Å²) in [6.45, 7) is 3.55. The lowest BCUT2D eigenvalue weighted by Crippen LogP contribution is -2.61. The topological polar surface area (TPSA) is 81.7 Å². The molecule has 4 saturated carbocycles. The number of amides is 1. The minimum atomic E-state index is -1.52. The molecule has 4 aliphatic rings. The summed E-state index contributed by atoms with van der Waals surface area (Å²) >= 11 is 0. The van der Waals surface area contributed by atoms with E-state index in [2.05, 4.69) is 5.32 Å². The molecule has 0 saturated heterocycles. The Morgan fingerprint density at radius 2 is 1.33 bits per heavy atom. The van der Waals surface area contributed by atoms with Gasteiger partial charge in [0, 0.05) is 5.54 Å². The molecule has 134 valence electrons. The molecule has 1 N–H and O–H groups in total. The second-order valence-electron chi connectivity index (χ2n) is 7.62. The fourth-order valence-corrected chi connectivity index (χ4v) is 5.36. The number of esters is 2. The van der Waals surface area contributed by atoms with E-state index in [1.54, 1.807) is 13.8 Å². The highest BCUT2D eigenvalue weighted by molar-refractivity contribution is 6.14. The summed E-state index contributed by atoms with van der Waals surface area (Å²) in [5.41, 5.74) is -0.247. The van der Waals surface area contributed by atoms with E-state index in [1.807, 2.05) is 0 Å².